The van der Waals surface area contributed by atoms with E-state index in [2.05, 4.69) is 4.98 Å². The van der Waals surface area contributed by atoms with Crippen molar-refractivity contribution >= 4 is 23.1 Å². The smallest absolute Gasteiger partial charge is 0.266 e. The Morgan fingerprint density at radius 1 is 1.14 bits per heavy atom. The maximum atomic E-state index is 14.1. The standard InChI is InChI=1S/C15H10F2N2OS/c1-8-6-11(17)13(7-10(8)16)19-14(20)9-4-2-3-5-12(9)18-15(19)21/h2-7H,1H3,(H,18,21). The second-order valence-electron chi connectivity index (χ2n) is 4.67. The summed E-state index contributed by atoms with van der Waals surface area (Å²) in [7, 11) is 0. The molecule has 6 heteroatoms. The third-order valence-electron chi connectivity index (χ3n) is 3.27. The monoisotopic (exact) mass is 304 g/mol. The minimum atomic E-state index is -0.703. The van der Waals surface area contributed by atoms with Gasteiger partial charge in [0.1, 0.15) is 11.6 Å². The van der Waals surface area contributed by atoms with Crippen molar-refractivity contribution in [2.75, 3.05) is 0 Å². The Morgan fingerprint density at radius 2 is 1.86 bits per heavy atom. The molecule has 106 valence electrons. The first-order chi connectivity index (χ1) is 9.99. The van der Waals surface area contributed by atoms with Gasteiger partial charge in [0, 0.05) is 6.07 Å². The molecule has 3 rings (SSSR count). The molecule has 0 aliphatic heterocycles. The first kappa shape index (κ1) is 13.6. The minimum Gasteiger partial charge on any atom is -0.331 e. The summed E-state index contributed by atoms with van der Waals surface area (Å²) in [6.45, 7) is 1.45. The summed E-state index contributed by atoms with van der Waals surface area (Å²) in [5, 5.41) is 0.353. The molecule has 0 aliphatic carbocycles. The first-order valence-corrected chi connectivity index (χ1v) is 6.60. The molecule has 0 amide bonds. The molecule has 1 heterocycles. The summed E-state index contributed by atoms with van der Waals surface area (Å²) in [6.07, 6.45) is 0. The maximum absolute atomic E-state index is 14.1. The van der Waals surface area contributed by atoms with E-state index in [9.17, 15) is 13.6 Å². The molecule has 0 atom stereocenters. The molecule has 21 heavy (non-hydrogen) atoms. The highest BCUT2D eigenvalue weighted by atomic mass is 32.1. The van der Waals surface area contributed by atoms with E-state index in [1.54, 1.807) is 24.3 Å². The molecule has 1 N–H and O–H groups in total. The molecule has 3 aromatic rings. The molecule has 0 saturated carbocycles. The normalized spacial score (nSPS) is 11.0. The predicted octanol–water partition coefficient (Wildman–Crippen LogP) is 3.63. The van der Waals surface area contributed by atoms with Gasteiger partial charge in [-0.05, 0) is 42.9 Å². The van der Waals surface area contributed by atoms with Crippen LogP contribution < -0.4 is 5.56 Å². The van der Waals surface area contributed by atoms with Crippen molar-refractivity contribution in [2.45, 2.75) is 6.92 Å². The van der Waals surface area contributed by atoms with Crippen LogP contribution in [0.4, 0.5) is 8.78 Å². The Kier molecular flexibility index (Phi) is 3.17. The van der Waals surface area contributed by atoms with E-state index in [0.29, 0.717) is 10.9 Å². The van der Waals surface area contributed by atoms with E-state index in [-0.39, 0.29) is 16.0 Å². The fourth-order valence-electron chi connectivity index (χ4n) is 2.19. The molecule has 0 aliphatic rings. The zero-order valence-electron chi connectivity index (χ0n) is 11.0. The van der Waals surface area contributed by atoms with Gasteiger partial charge in [0.15, 0.2) is 4.77 Å². The van der Waals surface area contributed by atoms with Gasteiger partial charge in [-0.25, -0.2) is 13.3 Å². The molecule has 0 fully saturated rings. The number of H-pyrrole nitrogens is 1. The van der Waals surface area contributed by atoms with Crippen molar-refractivity contribution in [3.63, 3.8) is 0 Å². The molecule has 0 bridgehead atoms. The number of fused-ring (bicyclic) bond motifs is 1. The Morgan fingerprint density at radius 3 is 2.62 bits per heavy atom. The molecule has 2 aromatic carbocycles. The van der Waals surface area contributed by atoms with Crippen LogP contribution in [0.5, 0.6) is 0 Å². The van der Waals surface area contributed by atoms with Gasteiger partial charge in [0.05, 0.1) is 16.6 Å². The minimum absolute atomic E-state index is 0.0147. The van der Waals surface area contributed by atoms with Crippen LogP contribution in [0.1, 0.15) is 5.56 Å². The van der Waals surface area contributed by atoms with Gasteiger partial charge in [0.25, 0.3) is 5.56 Å². The summed E-state index contributed by atoms with van der Waals surface area (Å²) < 4.78 is 28.8. The molecular formula is C15H10F2N2OS. The lowest BCUT2D eigenvalue weighted by Crippen LogP contribution is -2.21. The molecule has 3 nitrogen and oxygen atoms in total. The summed E-state index contributed by atoms with van der Waals surface area (Å²) in [5.41, 5.74) is 0.0309. The molecule has 0 saturated heterocycles. The topological polar surface area (TPSA) is 37.8 Å². The third-order valence-corrected chi connectivity index (χ3v) is 3.56. The van der Waals surface area contributed by atoms with Crippen molar-refractivity contribution < 1.29 is 8.78 Å². The predicted molar refractivity (Wildman–Crippen MR) is 79.4 cm³/mol. The number of para-hydroxylation sites is 1. The van der Waals surface area contributed by atoms with Crippen LogP contribution in [-0.2, 0) is 0 Å². The highest BCUT2D eigenvalue weighted by Crippen LogP contribution is 2.18. The highest BCUT2D eigenvalue weighted by molar-refractivity contribution is 7.71. The number of benzene rings is 2. The molecule has 0 spiro atoms. The van der Waals surface area contributed by atoms with Gasteiger partial charge in [0.2, 0.25) is 0 Å². The fourth-order valence-corrected chi connectivity index (χ4v) is 2.48. The Hall–Kier alpha value is -2.34. The van der Waals surface area contributed by atoms with E-state index in [1.807, 2.05) is 0 Å². The average molecular weight is 304 g/mol. The van der Waals surface area contributed by atoms with Gasteiger partial charge in [-0.2, -0.15) is 0 Å². The molecule has 0 unspecified atom stereocenters. The zero-order chi connectivity index (χ0) is 15.1. The van der Waals surface area contributed by atoms with Crippen molar-refractivity contribution in [3.8, 4) is 5.69 Å². The third kappa shape index (κ3) is 2.17. The molecule has 1 aromatic heterocycles. The first-order valence-electron chi connectivity index (χ1n) is 6.19. The average Bonchev–Trinajstić information content (AvgIpc) is 2.44. The van der Waals surface area contributed by atoms with Gasteiger partial charge in [-0.1, -0.05) is 12.1 Å². The summed E-state index contributed by atoms with van der Waals surface area (Å²) >= 11 is 5.10. The van der Waals surface area contributed by atoms with E-state index >= 15 is 0 Å². The number of aromatic nitrogens is 2. The summed E-state index contributed by atoms with van der Waals surface area (Å²) in [6, 6.07) is 8.76. The second-order valence-corrected chi connectivity index (χ2v) is 5.06. The number of aryl methyl sites for hydroxylation is 1. The molecular weight excluding hydrogens is 294 g/mol. The van der Waals surface area contributed by atoms with Crippen molar-refractivity contribution in [1.29, 1.82) is 0 Å². The van der Waals surface area contributed by atoms with Crippen molar-refractivity contribution in [2.24, 2.45) is 0 Å². The quantitative estimate of drug-likeness (QED) is 0.697. The van der Waals surface area contributed by atoms with Crippen molar-refractivity contribution in [3.05, 3.63) is 68.7 Å². The van der Waals surface area contributed by atoms with Crippen molar-refractivity contribution in [1.82, 2.24) is 9.55 Å². The SMILES string of the molecule is Cc1cc(F)c(-n2c(=S)[nH]c3ccccc3c2=O)cc1F. The van der Waals surface area contributed by atoms with E-state index < -0.39 is 17.2 Å². The number of nitrogens with one attached hydrogen (secondary N) is 1. The van der Waals surface area contributed by atoms with Gasteiger partial charge in [-0.3, -0.25) is 4.79 Å². The van der Waals surface area contributed by atoms with Crippen LogP contribution in [0.15, 0.2) is 41.2 Å². The van der Waals surface area contributed by atoms with Crippen LogP contribution in [0.2, 0.25) is 0 Å². The number of nitrogens with zero attached hydrogens (tertiary/aromatic N) is 1. The summed E-state index contributed by atoms with van der Waals surface area (Å²) in [4.78, 5) is 15.3. The van der Waals surface area contributed by atoms with Crippen LogP contribution in [-0.4, -0.2) is 9.55 Å². The molecule has 0 radical (unpaired) electrons. The van der Waals surface area contributed by atoms with Gasteiger partial charge < -0.3 is 4.98 Å². The van der Waals surface area contributed by atoms with E-state index in [1.165, 1.54) is 6.92 Å². The maximum Gasteiger partial charge on any atom is 0.266 e. The number of halogens is 2. The van der Waals surface area contributed by atoms with Crippen LogP contribution >= 0.6 is 12.2 Å². The Bertz CT molecular complexity index is 976. The lowest BCUT2D eigenvalue weighted by atomic mass is 10.2. The number of hydrogen-bond acceptors (Lipinski definition) is 2. The number of aromatic amines is 1. The van der Waals surface area contributed by atoms with Gasteiger partial charge >= 0.3 is 0 Å². The van der Waals surface area contributed by atoms with Crippen LogP contribution in [0.3, 0.4) is 0 Å². The lowest BCUT2D eigenvalue weighted by molar-refractivity contribution is 0.583. The zero-order valence-corrected chi connectivity index (χ0v) is 11.8. The van der Waals surface area contributed by atoms with E-state index in [0.717, 1.165) is 16.7 Å². The lowest BCUT2D eigenvalue weighted by Gasteiger charge is -2.10. The van der Waals surface area contributed by atoms with Gasteiger partial charge in [-0.15, -0.1) is 0 Å². The summed E-state index contributed by atoms with van der Waals surface area (Å²) in [5.74, 6) is -1.30. The fraction of sp³-hybridized carbons (Fsp3) is 0.0667. The van der Waals surface area contributed by atoms with Crippen LogP contribution in [0.25, 0.3) is 16.6 Å². The Balaban J connectivity index is 2.44. The number of rotatable bonds is 1. The highest BCUT2D eigenvalue weighted by Gasteiger charge is 2.13. The number of hydrogen-bond donors (Lipinski definition) is 1. The second kappa shape index (κ2) is 4.89. The largest absolute Gasteiger partial charge is 0.331 e. The Labute approximate surface area is 123 Å². The van der Waals surface area contributed by atoms with Crippen LogP contribution in [0, 0.1) is 23.3 Å². The van der Waals surface area contributed by atoms with E-state index in [4.69, 9.17) is 12.2 Å².